The first kappa shape index (κ1) is 19.2. The molecule has 0 aromatic carbocycles. The number of pyridine rings is 1. The number of nitrogens with zero attached hydrogens (tertiary/aromatic N) is 3. The molecule has 6 nitrogen and oxygen atoms in total. The number of amides is 1. The van der Waals surface area contributed by atoms with Gasteiger partial charge in [0.15, 0.2) is 0 Å². The van der Waals surface area contributed by atoms with Crippen molar-refractivity contribution in [2.24, 2.45) is 4.99 Å². The molecule has 0 radical (unpaired) electrons. The van der Waals surface area contributed by atoms with Gasteiger partial charge in [-0.25, -0.2) is 4.79 Å². The van der Waals surface area contributed by atoms with Gasteiger partial charge in [-0.05, 0) is 46.8 Å². The van der Waals surface area contributed by atoms with Crippen LogP contribution >= 0.6 is 11.8 Å². The predicted octanol–water partition coefficient (Wildman–Crippen LogP) is 4.05. The van der Waals surface area contributed by atoms with E-state index in [4.69, 9.17) is 14.5 Å². The molecule has 1 fully saturated rings. The van der Waals surface area contributed by atoms with Gasteiger partial charge in [-0.2, -0.15) is 0 Å². The summed E-state index contributed by atoms with van der Waals surface area (Å²) < 4.78 is 11.7. The second kappa shape index (κ2) is 7.19. The van der Waals surface area contributed by atoms with Crippen LogP contribution in [-0.4, -0.2) is 50.4 Å². The molecule has 1 aliphatic heterocycles. The first-order valence-corrected chi connectivity index (χ1v) is 9.95. The average Bonchev–Trinajstić information content (AvgIpc) is 3.23. The lowest BCUT2D eigenvalue weighted by Gasteiger charge is -2.38. The van der Waals surface area contributed by atoms with Crippen LogP contribution in [0, 0.1) is 0 Å². The normalized spacial score (nSPS) is 24.1. The molecule has 0 bridgehead atoms. The van der Waals surface area contributed by atoms with Gasteiger partial charge in [0.2, 0.25) is 0 Å². The SMILES string of the molecule is CCOC1(N(C(=O)OC(C)(C)C)C2SC(c3cccnc3)=NC2C)CC1. The van der Waals surface area contributed by atoms with Crippen LogP contribution in [0.5, 0.6) is 0 Å². The highest BCUT2D eigenvalue weighted by Crippen LogP contribution is 2.48. The van der Waals surface area contributed by atoms with E-state index in [0.717, 1.165) is 23.4 Å². The molecular formula is C19H27N3O3S. The van der Waals surface area contributed by atoms with E-state index in [9.17, 15) is 4.79 Å². The monoisotopic (exact) mass is 377 g/mol. The molecule has 1 saturated carbocycles. The molecule has 1 aliphatic carbocycles. The molecule has 0 spiro atoms. The van der Waals surface area contributed by atoms with Crippen molar-refractivity contribution in [3.63, 3.8) is 0 Å². The van der Waals surface area contributed by atoms with Crippen molar-refractivity contribution in [1.82, 2.24) is 9.88 Å². The third-order valence-corrected chi connectivity index (χ3v) is 5.66. The van der Waals surface area contributed by atoms with Crippen molar-refractivity contribution in [2.75, 3.05) is 6.61 Å². The molecule has 2 aliphatic rings. The van der Waals surface area contributed by atoms with Crippen molar-refractivity contribution in [3.05, 3.63) is 30.1 Å². The molecule has 7 heteroatoms. The van der Waals surface area contributed by atoms with Crippen molar-refractivity contribution in [1.29, 1.82) is 0 Å². The number of aromatic nitrogens is 1. The quantitative estimate of drug-likeness (QED) is 0.724. The lowest BCUT2D eigenvalue weighted by Crippen LogP contribution is -2.53. The summed E-state index contributed by atoms with van der Waals surface area (Å²) in [5, 5.41) is 0.741. The Morgan fingerprint density at radius 1 is 1.42 bits per heavy atom. The fourth-order valence-corrected chi connectivity index (χ4v) is 4.39. The molecular weight excluding hydrogens is 350 g/mol. The van der Waals surface area contributed by atoms with Crippen LogP contribution in [0.25, 0.3) is 0 Å². The van der Waals surface area contributed by atoms with Crippen molar-refractivity contribution in [2.45, 2.75) is 70.2 Å². The highest BCUT2D eigenvalue weighted by atomic mass is 32.2. The van der Waals surface area contributed by atoms with Gasteiger partial charge in [0.05, 0.1) is 6.04 Å². The molecule has 2 unspecified atom stereocenters. The Hall–Kier alpha value is -1.60. The van der Waals surface area contributed by atoms with E-state index in [1.165, 1.54) is 0 Å². The summed E-state index contributed by atoms with van der Waals surface area (Å²) in [5.41, 5.74) is -0.155. The van der Waals surface area contributed by atoms with Gasteiger partial charge in [0.1, 0.15) is 21.7 Å². The van der Waals surface area contributed by atoms with Crippen LogP contribution in [0.3, 0.4) is 0 Å². The summed E-state index contributed by atoms with van der Waals surface area (Å²) >= 11 is 1.58. The van der Waals surface area contributed by atoms with E-state index >= 15 is 0 Å². The van der Waals surface area contributed by atoms with E-state index in [0.29, 0.717) is 6.61 Å². The number of rotatable bonds is 5. The molecule has 0 saturated heterocycles. The molecule has 26 heavy (non-hydrogen) atoms. The van der Waals surface area contributed by atoms with Gasteiger partial charge in [-0.3, -0.25) is 14.9 Å². The largest absolute Gasteiger partial charge is 0.444 e. The highest BCUT2D eigenvalue weighted by molar-refractivity contribution is 8.15. The maximum Gasteiger partial charge on any atom is 0.413 e. The highest BCUT2D eigenvalue weighted by Gasteiger charge is 2.57. The summed E-state index contributed by atoms with van der Waals surface area (Å²) in [7, 11) is 0. The summed E-state index contributed by atoms with van der Waals surface area (Å²) in [6.07, 6.45) is 4.86. The summed E-state index contributed by atoms with van der Waals surface area (Å²) in [6, 6.07) is 3.83. The zero-order valence-electron chi connectivity index (χ0n) is 16.1. The Morgan fingerprint density at radius 2 is 2.15 bits per heavy atom. The molecule has 1 aromatic rings. The number of hydrogen-bond acceptors (Lipinski definition) is 6. The first-order valence-electron chi connectivity index (χ1n) is 9.07. The first-order chi connectivity index (χ1) is 12.3. The van der Waals surface area contributed by atoms with Crippen molar-refractivity contribution < 1.29 is 14.3 Å². The number of thioether (sulfide) groups is 1. The van der Waals surface area contributed by atoms with Crippen LogP contribution < -0.4 is 0 Å². The fraction of sp³-hybridized carbons (Fsp3) is 0.632. The number of hydrogen-bond donors (Lipinski definition) is 0. The molecule has 2 atom stereocenters. The van der Waals surface area contributed by atoms with E-state index in [-0.39, 0.29) is 17.5 Å². The van der Waals surface area contributed by atoms with Crippen LogP contribution in [0.2, 0.25) is 0 Å². The number of carbonyl (C=O) groups is 1. The van der Waals surface area contributed by atoms with E-state index in [1.807, 2.05) is 46.8 Å². The maximum atomic E-state index is 13.0. The summed E-state index contributed by atoms with van der Waals surface area (Å²) in [6.45, 7) is 10.2. The van der Waals surface area contributed by atoms with Crippen LogP contribution in [-0.2, 0) is 9.47 Å². The molecule has 3 rings (SSSR count). The predicted molar refractivity (Wildman–Crippen MR) is 103 cm³/mol. The number of aliphatic imine (C=N–C) groups is 1. The van der Waals surface area contributed by atoms with Crippen LogP contribution in [0.15, 0.2) is 29.5 Å². The maximum absolute atomic E-state index is 13.0. The van der Waals surface area contributed by atoms with Gasteiger partial charge in [-0.15, -0.1) is 0 Å². The molecule has 142 valence electrons. The fourth-order valence-electron chi connectivity index (χ4n) is 3.04. The third-order valence-electron chi connectivity index (χ3n) is 4.25. The second-order valence-corrected chi connectivity index (χ2v) is 8.76. The van der Waals surface area contributed by atoms with Gasteiger partial charge in [0, 0.05) is 37.4 Å². The van der Waals surface area contributed by atoms with Gasteiger partial charge < -0.3 is 9.47 Å². The lowest BCUT2D eigenvalue weighted by molar-refractivity contribution is -0.0878. The minimum atomic E-state index is -0.567. The molecule has 1 aromatic heterocycles. The van der Waals surface area contributed by atoms with Gasteiger partial charge in [-0.1, -0.05) is 11.8 Å². The van der Waals surface area contributed by atoms with Crippen LogP contribution in [0.4, 0.5) is 4.79 Å². The summed E-state index contributed by atoms with van der Waals surface area (Å²) in [4.78, 5) is 23.8. The second-order valence-electron chi connectivity index (χ2n) is 7.65. The smallest absolute Gasteiger partial charge is 0.413 e. The van der Waals surface area contributed by atoms with Gasteiger partial charge >= 0.3 is 6.09 Å². The van der Waals surface area contributed by atoms with E-state index in [1.54, 1.807) is 29.1 Å². The summed E-state index contributed by atoms with van der Waals surface area (Å²) in [5.74, 6) is 0. The Balaban J connectivity index is 1.85. The third kappa shape index (κ3) is 4.04. The van der Waals surface area contributed by atoms with Gasteiger partial charge in [0.25, 0.3) is 0 Å². The molecule has 2 heterocycles. The Bertz CT molecular complexity index is 683. The van der Waals surface area contributed by atoms with Crippen molar-refractivity contribution in [3.8, 4) is 0 Å². The van der Waals surface area contributed by atoms with Crippen LogP contribution in [0.1, 0.15) is 53.0 Å². The number of carbonyl (C=O) groups excluding carboxylic acids is 1. The Kier molecular flexibility index (Phi) is 5.30. The number of ether oxygens (including phenoxy) is 2. The zero-order valence-corrected chi connectivity index (χ0v) is 16.9. The van der Waals surface area contributed by atoms with E-state index < -0.39 is 11.3 Å². The standard InChI is InChI=1S/C19H27N3O3S/c1-6-24-19(9-10-19)22(17(23)25-18(3,4)5)16-13(2)21-15(26-16)14-8-7-11-20-12-14/h7-8,11-13,16H,6,9-10H2,1-5H3. The van der Waals surface area contributed by atoms with Crippen molar-refractivity contribution >= 4 is 22.9 Å². The average molecular weight is 378 g/mol. The lowest BCUT2D eigenvalue weighted by atomic mass is 10.2. The zero-order chi connectivity index (χ0) is 18.9. The molecule has 0 N–H and O–H groups in total. The minimum Gasteiger partial charge on any atom is -0.444 e. The molecule has 1 amide bonds. The topological polar surface area (TPSA) is 64.0 Å². The minimum absolute atomic E-state index is 0.0549. The Labute approximate surface area is 159 Å². The van der Waals surface area contributed by atoms with E-state index in [2.05, 4.69) is 4.98 Å². The Morgan fingerprint density at radius 3 is 2.69 bits per heavy atom.